The smallest absolute Gasteiger partial charge is 0.258 e. The van der Waals surface area contributed by atoms with Crippen molar-refractivity contribution < 1.29 is 14.4 Å². The molecule has 4 heterocycles. The molecule has 0 bridgehead atoms. The van der Waals surface area contributed by atoms with Gasteiger partial charge in [-0.2, -0.15) is 0 Å². The van der Waals surface area contributed by atoms with Crippen LogP contribution in [0.15, 0.2) is 47.3 Å². The lowest BCUT2D eigenvalue weighted by Crippen LogP contribution is -3.09. The first-order chi connectivity index (χ1) is 14.2. The molecule has 2 aliphatic heterocycles. The Balaban J connectivity index is 1.43. The highest BCUT2D eigenvalue weighted by atomic mass is 16.5. The van der Waals surface area contributed by atoms with E-state index in [0.717, 1.165) is 54.5 Å². The number of quaternary nitrogens is 1. The molecule has 1 unspecified atom stereocenters. The summed E-state index contributed by atoms with van der Waals surface area (Å²) >= 11 is 0. The molecule has 1 aromatic carbocycles. The predicted molar refractivity (Wildman–Crippen MR) is 110 cm³/mol. The molecule has 2 aromatic heterocycles. The number of hydrogen-bond acceptors (Lipinski definition) is 4. The Morgan fingerprint density at radius 2 is 1.97 bits per heavy atom. The number of aromatic nitrogens is 2. The van der Waals surface area contributed by atoms with E-state index in [2.05, 4.69) is 12.1 Å². The molecule has 1 N–H and O–H groups in total. The maximum atomic E-state index is 12.6. The van der Waals surface area contributed by atoms with Crippen molar-refractivity contribution in [2.24, 2.45) is 0 Å². The Hall–Kier alpha value is -2.86. The van der Waals surface area contributed by atoms with E-state index in [1.54, 1.807) is 10.5 Å². The molecule has 3 aromatic rings. The van der Waals surface area contributed by atoms with Gasteiger partial charge in [0.05, 0.1) is 19.8 Å². The summed E-state index contributed by atoms with van der Waals surface area (Å²) in [4.78, 5) is 18.8. The molecular formula is C23H26N3O3+. The maximum absolute atomic E-state index is 12.6. The molecule has 1 fully saturated rings. The van der Waals surface area contributed by atoms with Crippen molar-refractivity contribution in [1.29, 1.82) is 0 Å². The average molecular weight is 392 g/mol. The molecule has 5 rings (SSSR count). The fourth-order valence-corrected chi connectivity index (χ4v) is 4.61. The van der Waals surface area contributed by atoms with Gasteiger partial charge in [-0.3, -0.25) is 9.20 Å². The highest BCUT2D eigenvalue weighted by Gasteiger charge is 2.31. The van der Waals surface area contributed by atoms with Crippen LogP contribution in [0, 0.1) is 6.92 Å². The lowest BCUT2D eigenvalue weighted by molar-refractivity contribution is -0.932. The minimum absolute atomic E-state index is 0.00572. The van der Waals surface area contributed by atoms with Gasteiger partial charge in [-0.05, 0) is 37.3 Å². The van der Waals surface area contributed by atoms with Gasteiger partial charge in [-0.25, -0.2) is 4.98 Å². The summed E-state index contributed by atoms with van der Waals surface area (Å²) in [5.74, 6) is 1.69. The van der Waals surface area contributed by atoms with Crippen molar-refractivity contribution >= 4 is 5.65 Å². The van der Waals surface area contributed by atoms with Gasteiger partial charge in [0, 0.05) is 36.6 Å². The van der Waals surface area contributed by atoms with Gasteiger partial charge in [-0.1, -0.05) is 6.07 Å². The first kappa shape index (κ1) is 18.2. The number of hydrogen-bond donors (Lipinski definition) is 1. The topological polar surface area (TPSA) is 57.3 Å². The molecule has 29 heavy (non-hydrogen) atoms. The number of aryl methyl sites for hydroxylation is 1. The van der Waals surface area contributed by atoms with E-state index in [4.69, 9.17) is 14.5 Å². The Morgan fingerprint density at radius 1 is 1.10 bits per heavy atom. The molecule has 2 atom stereocenters. The van der Waals surface area contributed by atoms with Crippen LogP contribution in [-0.4, -0.2) is 29.1 Å². The van der Waals surface area contributed by atoms with Crippen LogP contribution in [0.5, 0.6) is 11.5 Å². The maximum Gasteiger partial charge on any atom is 0.258 e. The van der Waals surface area contributed by atoms with E-state index < -0.39 is 0 Å². The van der Waals surface area contributed by atoms with Crippen molar-refractivity contribution in [2.45, 2.75) is 38.8 Å². The molecular weight excluding hydrogens is 366 g/mol. The summed E-state index contributed by atoms with van der Waals surface area (Å²) in [6, 6.07) is 14.2. The SMILES string of the molecule is Cc1cccc2nc(C[NH+]3CCC[C@H]3c3ccc4c(c3)OCCCO4)cc(=O)n12. The van der Waals surface area contributed by atoms with Crippen LogP contribution in [0.1, 0.15) is 42.3 Å². The summed E-state index contributed by atoms with van der Waals surface area (Å²) in [7, 11) is 0. The van der Waals surface area contributed by atoms with E-state index in [0.29, 0.717) is 19.3 Å². The predicted octanol–water partition coefficient (Wildman–Crippen LogP) is 2.08. The fourth-order valence-electron chi connectivity index (χ4n) is 4.61. The second-order valence-corrected chi connectivity index (χ2v) is 7.98. The molecule has 0 saturated carbocycles. The summed E-state index contributed by atoms with van der Waals surface area (Å²) in [5, 5.41) is 0. The van der Waals surface area contributed by atoms with E-state index >= 15 is 0 Å². The molecule has 150 valence electrons. The highest BCUT2D eigenvalue weighted by Crippen LogP contribution is 2.33. The van der Waals surface area contributed by atoms with Crippen molar-refractivity contribution in [3.05, 3.63) is 69.8 Å². The minimum atomic E-state index is -0.00572. The molecule has 1 saturated heterocycles. The van der Waals surface area contributed by atoms with Crippen molar-refractivity contribution in [2.75, 3.05) is 19.8 Å². The zero-order chi connectivity index (χ0) is 19.8. The number of nitrogens with zero attached hydrogens (tertiary/aromatic N) is 2. The van der Waals surface area contributed by atoms with Crippen LogP contribution in [0.4, 0.5) is 0 Å². The highest BCUT2D eigenvalue weighted by molar-refractivity contribution is 5.44. The third-order valence-corrected chi connectivity index (χ3v) is 6.00. The van der Waals surface area contributed by atoms with Crippen LogP contribution >= 0.6 is 0 Å². The second-order valence-electron chi connectivity index (χ2n) is 7.98. The number of rotatable bonds is 3. The summed E-state index contributed by atoms with van der Waals surface area (Å²) in [6.45, 7) is 5.16. The van der Waals surface area contributed by atoms with Gasteiger partial charge < -0.3 is 14.4 Å². The zero-order valence-corrected chi connectivity index (χ0v) is 16.7. The van der Waals surface area contributed by atoms with Crippen LogP contribution in [0.25, 0.3) is 5.65 Å². The largest absolute Gasteiger partial charge is 0.490 e. The average Bonchev–Trinajstić information content (AvgIpc) is 3.03. The standard InChI is InChI=1S/C23H25N3O3/c1-16-5-2-7-22-24-18(14-23(27)26(16)22)15-25-10-3-6-19(25)17-8-9-20-21(13-17)29-12-4-11-28-20/h2,5,7-9,13-14,19H,3-4,6,10-12,15H2,1H3/p+1/t19-/m0/s1. The lowest BCUT2D eigenvalue weighted by atomic mass is 10.0. The van der Waals surface area contributed by atoms with Crippen LogP contribution in [-0.2, 0) is 6.54 Å². The Labute approximate surface area is 169 Å². The summed E-state index contributed by atoms with van der Waals surface area (Å²) in [5.41, 5.74) is 3.75. The first-order valence-corrected chi connectivity index (χ1v) is 10.4. The van der Waals surface area contributed by atoms with Crippen molar-refractivity contribution in [3.63, 3.8) is 0 Å². The fraction of sp³-hybridized carbons (Fsp3) is 0.391. The zero-order valence-electron chi connectivity index (χ0n) is 16.7. The van der Waals surface area contributed by atoms with Gasteiger partial charge >= 0.3 is 0 Å². The monoisotopic (exact) mass is 392 g/mol. The molecule has 6 nitrogen and oxygen atoms in total. The van der Waals surface area contributed by atoms with Gasteiger partial charge in [0.15, 0.2) is 11.5 Å². The quantitative estimate of drug-likeness (QED) is 0.742. The normalized spacial score (nSPS) is 21.3. The molecule has 0 amide bonds. The molecule has 2 aliphatic rings. The number of benzene rings is 1. The minimum Gasteiger partial charge on any atom is -0.490 e. The van der Waals surface area contributed by atoms with Crippen molar-refractivity contribution in [1.82, 2.24) is 9.38 Å². The molecule has 0 aliphatic carbocycles. The molecule has 0 spiro atoms. The van der Waals surface area contributed by atoms with E-state index in [1.165, 1.54) is 16.9 Å². The van der Waals surface area contributed by atoms with Crippen LogP contribution < -0.4 is 19.9 Å². The second kappa shape index (κ2) is 7.52. The molecule has 0 radical (unpaired) electrons. The number of fused-ring (bicyclic) bond motifs is 2. The number of ether oxygens (including phenoxy) is 2. The van der Waals surface area contributed by atoms with Crippen LogP contribution in [0.3, 0.4) is 0 Å². The molecule has 6 heteroatoms. The number of likely N-dealkylation sites (tertiary alicyclic amines) is 1. The third-order valence-electron chi connectivity index (χ3n) is 6.00. The van der Waals surface area contributed by atoms with Gasteiger partial charge in [-0.15, -0.1) is 0 Å². The first-order valence-electron chi connectivity index (χ1n) is 10.4. The van der Waals surface area contributed by atoms with Gasteiger partial charge in [0.1, 0.15) is 23.9 Å². The van der Waals surface area contributed by atoms with E-state index in [-0.39, 0.29) is 5.56 Å². The van der Waals surface area contributed by atoms with E-state index in [9.17, 15) is 4.79 Å². The third kappa shape index (κ3) is 3.49. The van der Waals surface area contributed by atoms with E-state index in [1.807, 2.05) is 31.2 Å². The Kier molecular flexibility index (Phi) is 4.72. The number of pyridine rings is 1. The van der Waals surface area contributed by atoms with Crippen molar-refractivity contribution in [3.8, 4) is 11.5 Å². The Morgan fingerprint density at radius 3 is 2.86 bits per heavy atom. The Bertz CT molecular complexity index is 1110. The summed E-state index contributed by atoms with van der Waals surface area (Å²) < 4.78 is 13.3. The number of nitrogens with one attached hydrogen (secondary N) is 1. The van der Waals surface area contributed by atoms with Gasteiger partial charge in [0.2, 0.25) is 0 Å². The van der Waals surface area contributed by atoms with Gasteiger partial charge in [0.25, 0.3) is 5.56 Å². The van der Waals surface area contributed by atoms with Crippen LogP contribution in [0.2, 0.25) is 0 Å². The summed E-state index contributed by atoms with van der Waals surface area (Å²) in [6.07, 6.45) is 3.20. The lowest BCUT2D eigenvalue weighted by Gasteiger charge is -2.22.